The number of nitrogens with zero attached hydrogens (tertiary/aromatic N) is 3. The number of sulfonamides is 1. The maximum Gasteiger partial charge on any atom is 0.293 e. The van der Waals surface area contributed by atoms with Crippen molar-refractivity contribution in [1.29, 1.82) is 0 Å². The van der Waals surface area contributed by atoms with Crippen molar-refractivity contribution in [2.75, 3.05) is 33.2 Å². The van der Waals surface area contributed by atoms with E-state index in [4.69, 9.17) is 4.74 Å². The number of methoxy groups -OCH3 is 1. The summed E-state index contributed by atoms with van der Waals surface area (Å²) >= 11 is 0. The fraction of sp³-hybridized carbons (Fsp3) is 0.294. The Hall–Kier alpha value is -2.65. The van der Waals surface area contributed by atoms with Crippen LogP contribution < -0.4 is 9.64 Å². The van der Waals surface area contributed by atoms with E-state index >= 15 is 0 Å². The molecule has 140 valence electrons. The quantitative estimate of drug-likeness (QED) is 0.542. The molecule has 0 radical (unpaired) electrons. The molecule has 0 aliphatic rings. The third kappa shape index (κ3) is 4.12. The average molecular weight is 379 g/mol. The molecule has 0 atom stereocenters. The van der Waals surface area contributed by atoms with Crippen molar-refractivity contribution in [3.63, 3.8) is 0 Å². The number of ether oxygens (including phenoxy) is 1. The third-order valence-corrected chi connectivity index (χ3v) is 5.76. The van der Waals surface area contributed by atoms with E-state index in [9.17, 15) is 18.5 Å². The summed E-state index contributed by atoms with van der Waals surface area (Å²) in [6, 6.07) is 11.1. The molecule has 2 rings (SSSR count). The molecule has 0 saturated carbocycles. The Morgan fingerprint density at radius 3 is 2.19 bits per heavy atom. The minimum absolute atomic E-state index is 0.0965. The zero-order chi connectivity index (χ0) is 19.5. The monoisotopic (exact) mass is 379 g/mol. The summed E-state index contributed by atoms with van der Waals surface area (Å²) < 4.78 is 31.7. The van der Waals surface area contributed by atoms with Crippen LogP contribution in [-0.2, 0) is 16.6 Å². The van der Waals surface area contributed by atoms with Crippen LogP contribution in [0, 0.1) is 10.1 Å². The molecule has 0 saturated heterocycles. The van der Waals surface area contributed by atoms with Gasteiger partial charge in [-0.3, -0.25) is 10.1 Å². The third-order valence-electron chi connectivity index (χ3n) is 3.91. The van der Waals surface area contributed by atoms with Gasteiger partial charge in [-0.1, -0.05) is 12.1 Å². The molecule has 0 unspecified atom stereocenters. The van der Waals surface area contributed by atoms with E-state index in [0.717, 1.165) is 21.6 Å². The first-order chi connectivity index (χ1) is 12.2. The van der Waals surface area contributed by atoms with Crippen LogP contribution in [0.2, 0.25) is 0 Å². The van der Waals surface area contributed by atoms with Gasteiger partial charge in [0.1, 0.15) is 5.75 Å². The largest absolute Gasteiger partial charge is 0.497 e. The van der Waals surface area contributed by atoms with E-state index in [0.29, 0.717) is 0 Å². The Morgan fingerprint density at radius 1 is 1.08 bits per heavy atom. The van der Waals surface area contributed by atoms with E-state index in [1.165, 1.54) is 26.3 Å². The molecular weight excluding hydrogens is 358 g/mol. The lowest BCUT2D eigenvalue weighted by atomic mass is 10.2. The number of hydrogen-bond donors (Lipinski definition) is 0. The van der Waals surface area contributed by atoms with Gasteiger partial charge in [0.15, 0.2) is 4.90 Å². The summed E-state index contributed by atoms with van der Waals surface area (Å²) in [5.74, 6) is 0.220. The van der Waals surface area contributed by atoms with Crippen LogP contribution in [0.5, 0.6) is 5.75 Å². The molecule has 8 nitrogen and oxygen atoms in total. The van der Waals surface area contributed by atoms with E-state index in [1.54, 1.807) is 0 Å². The van der Waals surface area contributed by atoms with Crippen molar-refractivity contribution >= 4 is 21.4 Å². The lowest BCUT2D eigenvalue weighted by molar-refractivity contribution is -0.387. The minimum Gasteiger partial charge on any atom is -0.497 e. The van der Waals surface area contributed by atoms with Crippen LogP contribution >= 0.6 is 0 Å². The van der Waals surface area contributed by atoms with Gasteiger partial charge in [0.2, 0.25) is 10.0 Å². The Labute approximate surface area is 152 Å². The zero-order valence-electron chi connectivity index (χ0n) is 15.0. The molecule has 0 bridgehead atoms. The van der Waals surface area contributed by atoms with Gasteiger partial charge >= 0.3 is 0 Å². The lowest BCUT2D eigenvalue weighted by Crippen LogP contribution is -2.27. The van der Waals surface area contributed by atoms with Crippen LogP contribution in [0.3, 0.4) is 0 Å². The van der Waals surface area contributed by atoms with Gasteiger partial charge in [-0.05, 0) is 29.8 Å². The summed E-state index contributed by atoms with van der Waals surface area (Å²) in [6.07, 6.45) is 0. The van der Waals surface area contributed by atoms with Crippen LogP contribution in [0.4, 0.5) is 11.4 Å². The molecule has 0 aromatic heterocycles. The number of benzene rings is 2. The summed E-state index contributed by atoms with van der Waals surface area (Å²) in [5, 5.41) is 11.3. The molecule has 26 heavy (non-hydrogen) atoms. The average Bonchev–Trinajstić information content (AvgIpc) is 2.61. The fourth-order valence-electron chi connectivity index (χ4n) is 2.39. The Kier molecular flexibility index (Phi) is 5.83. The molecule has 2 aromatic carbocycles. The first-order valence-corrected chi connectivity index (χ1v) is 9.16. The molecule has 0 fully saturated rings. The van der Waals surface area contributed by atoms with E-state index in [1.807, 2.05) is 43.3 Å². The van der Waals surface area contributed by atoms with E-state index in [2.05, 4.69) is 0 Å². The van der Waals surface area contributed by atoms with Crippen LogP contribution in [0.1, 0.15) is 5.56 Å². The summed E-state index contributed by atoms with van der Waals surface area (Å²) in [7, 11) is 2.53. The number of anilines is 1. The van der Waals surface area contributed by atoms with Gasteiger partial charge in [0.05, 0.1) is 18.1 Å². The van der Waals surface area contributed by atoms with Crippen molar-refractivity contribution in [3.8, 4) is 5.75 Å². The highest BCUT2D eigenvalue weighted by molar-refractivity contribution is 7.89. The van der Waals surface area contributed by atoms with E-state index < -0.39 is 20.6 Å². The van der Waals surface area contributed by atoms with Crippen LogP contribution in [0.25, 0.3) is 0 Å². The number of rotatable bonds is 7. The maximum absolute atomic E-state index is 12.8. The van der Waals surface area contributed by atoms with Crippen molar-refractivity contribution in [2.24, 2.45) is 0 Å². The molecule has 0 heterocycles. The van der Waals surface area contributed by atoms with Crippen LogP contribution in [0.15, 0.2) is 47.4 Å². The minimum atomic E-state index is -4.04. The second kappa shape index (κ2) is 7.71. The molecule has 0 N–H and O–H groups in total. The highest BCUT2D eigenvalue weighted by Gasteiger charge is 2.30. The lowest BCUT2D eigenvalue weighted by Gasteiger charge is -2.18. The summed E-state index contributed by atoms with van der Waals surface area (Å²) in [6.45, 7) is 0.0965. The van der Waals surface area contributed by atoms with Gasteiger partial charge in [-0.15, -0.1) is 0 Å². The first kappa shape index (κ1) is 19.7. The van der Waals surface area contributed by atoms with E-state index in [-0.39, 0.29) is 17.2 Å². The predicted octanol–water partition coefficient (Wildman–Crippen LogP) is 2.49. The topological polar surface area (TPSA) is 93.0 Å². The van der Waals surface area contributed by atoms with Gasteiger partial charge in [0, 0.05) is 33.4 Å². The number of nitro groups is 1. The molecule has 2 aromatic rings. The summed E-state index contributed by atoms with van der Waals surface area (Å²) in [5.41, 5.74) is 1.25. The van der Waals surface area contributed by atoms with Gasteiger partial charge in [0.25, 0.3) is 5.69 Å². The smallest absolute Gasteiger partial charge is 0.293 e. The number of nitro benzene ring substituents is 1. The van der Waals surface area contributed by atoms with Gasteiger partial charge in [-0.2, -0.15) is 4.31 Å². The second-order valence-corrected chi connectivity index (χ2v) is 7.93. The Bertz CT molecular complexity index is 895. The van der Waals surface area contributed by atoms with Crippen LogP contribution in [-0.4, -0.2) is 45.9 Å². The molecule has 0 aliphatic carbocycles. The molecule has 0 aliphatic heterocycles. The van der Waals surface area contributed by atoms with Crippen molar-refractivity contribution in [2.45, 2.75) is 11.4 Å². The highest BCUT2D eigenvalue weighted by Crippen LogP contribution is 2.30. The van der Waals surface area contributed by atoms with Crippen molar-refractivity contribution in [3.05, 3.63) is 58.1 Å². The fourth-order valence-corrected chi connectivity index (χ4v) is 3.69. The van der Waals surface area contributed by atoms with Gasteiger partial charge in [-0.25, -0.2) is 8.42 Å². The molecular formula is C17H21N3O5S. The van der Waals surface area contributed by atoms with Crippen molar-refractivity contribution in [1.82, 2.24) is 4.31 Å². The zero-order valence-corrected chi connectivity index (χ0v) is 15.9. The highest BCUT2D eigenvalue weighted by atomic mass is 32.2. The number of hydrogen-bond acceptors (Lipinski definition) is 6. The standard InChI is InChI=1S/C17H21N3O5S/c1-18(2)14-7-5-13(6-8-14)12-19(3)26(23,24)17-10-9-15(25-4)11-16(17)20(21)22/h5-11H,12H2,1-4H3. The molecule has 0 spiro atoms. The molecule has 9 heteroatoms. The Balaban J connectivity index is 2.33. The normalized spacial score (nSPS) is 11.4. The second-order valence-electron chi connectivity index (χ2n) is 5.91. The van der Waals surface area contributed by atoms with Gasteiger partial charge < -0.3 is 9.64 Å². The first-order valence-electron chi connectivity index (χ1n) is 7.72. The SMILES string of the molecule is COc1ccc(S(=O)(=O)N(C)Cc2ccc(N(C)C)cc2)c([N+](=O)[O-])c1. The Morgan fingerprint density at radius 2 is 1.69 bits per heavy atom. The predicted molar refractivity (Wildman–Crippen MR) is 99.1 cm³/mol. The van der Waals surface area contributed by atoms with Crippen molar-refractivity contribution < 1.29 is 18.1 Å². The molecule has 0 amide bonds. The summed E-state index contributed by atoms with van der Waals surface area (Å²) in [4.78, 5) is 12.1. The maximum atomic E-state index is 12.8.